The zero-order chi connectivity index (χ0) is 17.4. The van der Waals surface area contributed by atoms with Gasteiger partial charge >= 0.3 is 0 Å². The van der Waals surface area contributed by atoms with Crippen molar-refractivity contribution in [3.05, 3.63) is 69.2 Å². The van der Waals surface area contributed by atoms with E-state index in [-0.39, 0.29) is 11.8 Å². The van der Waals surface area contributed by atoms with Crippen molar-refractivity contribution >= 4 is 39.3 Å². The largest absolute Gasteiger partial charge is 0.354 e. The van der Waals surface area contributed by atoms with Gasteiger partial charge in [0.25, 0.3) is 5.91 Å². The molecule has 6 heteroatoms. The molecule has 0 saturated heterocycles. The Bertz CT molecular complexity index is 704. The monoisotopic (exact) mass is 408 g/mol. The van der Waals surface area contributed by atoms with Gasteiger partial charge in [-0.15, -0.1) is 0 Å². The molecule has 24 heavy (non-hydrogen) atoms. The number of hydrogen-bond acceptors (Lipinski definition) is 2. The molecule has 0 unspecified atom stereocenters. The smallest absolute Gasteiger partial charge is 0.251 e. The Balaban J connectivity index is 1.64. The highest BCUT2D eigenvalue weighted by Crippen LogP contribution is 2.11. The fourth-order valence-corrected chi connectivity index (χ4v) is 2.63. The molecule has 2 amide bonds. The number of carbonyl (C=O) groups excluding carboxylic acids is 2. The van der Waals surface area contributed by atoms with Crippen molar-refractivity contribution in [1.29, 1.82) is 0 Å². The summed E-state index contributed by atoms with van der Waals surface area (Å²) in [5, 5.41) is 6.25. The Morgan fingerprint density at radius 3 is 2.42 bits per heavy atom. The van der Waals surface area contributed by atoms with E-state index >= 15 is 0 Å². The van der Waals surface area contributed by atoms with Crippen LogP contribution in [0.5, 0.6) is 0 Å². The molecule has 0 aromatic heterocycles. The van der Waals surface area contributed by atoms with Gasteiger partial charge < -0.3 is 10.6 Å². The highest BCUT2D eigenvalue weighted by atomic mass is 79.9. The van der Waals surface area contributed by atoms with Crippen LogP contribution < -0.4 is 10.6 Å². The molecule has 0 spiro atoms. The molecule has 2 aromatic carbocycles. The third-order valence-electron chi connectivity index (χ3n) is 3.37. The van der Waals surface area contributed by atoms with Crippen LogP contribution in [-0.2, 0) is 11.2 Å². The van der Waals surface area contributed by atoms with Crippen molar-refractivity contribution in [2.24, 2.45) is 0 Å². The van der Waals surface area contributed by atoms with Crippen molar-refractivity contribution in [1.82, 2.24) is 10.6 Å². The average molecular weight is 410 g/mol. The summed E-state index contributed by atoms with van der Waals surface area (Å²) in [5.41, 5.74) is 1.65. The van der Waals surface area contributed by atoms with Crippen LogP contribution in [0, 0.1) is 0 Å². The van der Waals surface area contributed by atoms with Crippen LogP contribution >= 0.6 is 27.5 Å². The van der Waals surface area contributed by atoms with Gasteiger partial charge in [-0.05, 0) is 42.3 Å². The number of benzene rings is 2. The SMILES string of the molecule is O=C(CCc1ccc(Cl)cc1)NCCNC(=O)c1cccc(Br)c1. The number of nitrogens with one attached hydrogen (secondary N) is 2. The Labute approximate surface area is 154 Å². The topological polar surface area (TPSA) is 58.2 Å². The summed E-state index contributed by atoms with van der Waals surface area (Å²) < 4.78 is 0.852. The summed E-state index contributed by atoms with van der Waals surface area (Å²) in [7, 11) is 0. The first-order valence-corrected chi connectivity index (χ1v) is 8.76. The maximum atomic E-state index is 11.9. The lowest BCUT2D eigenvalue weighted by atomic mass is 10.1. The lowest BCUT2D eigenvalue weighted by Gasteiger charge is -2.08. The number of halogens is 2. The predicted octanol–water partition coefficient (Wildman–Crippen LogP) is 3.58. The molecule has 2 rings (SSSR count). The third kappa shape index (κ3) is 6.34. The molecule has 0 bridgehead atoms. The second kappa shape index (κ2) is 9.45. The minimum Gasteiger partial charge on any atom is -0.354 e. The van der Waals surface area contributed by atoms with E-state index in [0.717, 1.165) is 10.0 Å². The van der Waals surface area contributed by atoms with Crippen molar-refractivity contribution < 1.29 is 9.59 Å². The zero-order valence-electron chi connectivity index (χ0n) is 13.0. The van der Waals surface area contributed by atoms with Crippen LogP contribution in [0.4, 0.5) is 0 Å². The molecule has 0 saturated carbocycles. The zero-order valence-corrected chi connectivity index (χ0v) is 15.4. The van der Waals surface area contributed by atoms with Gasteiger partial charge in [-0.25, -0.2) is 0 Å². The summed E-state index contributed by atoms with van der Waals surface area (Å²) in [6.45, 7) is 0.789. The van der Waals surface area contributed by atoms with Crippen molar-refractivity contribution in [3.63, 3.8) is 0 Å². The Morgan fingerprint density at radius 1 is 1.00 bits per heavy atom. The molecule has 126 valence electrons. The lowest BCUT2D eigenvalue weighted by molar-refractivity contribution is -0.121. The Hall–Kier alpha value is -1.85. The molecule has 0 aliphatic carbocycles. The van der Waals surface area contributed by atoms with Crippen LogP contribution in [0.15, 0.2) is 53.0 Å². The second-order valence-electron chi connectivity index (χ2n) is 5.24. The van der Waals surface area contributed by atoms with Crippen molar-refractivity contribution in [3.8, 4) is 0 Å². The van der Waals surface area contributed by atoms with Crippen molar-refractivity contribution in [2.75, 3.05) is 13.1 Å². The van der Waals surface area contributed by atoms with E-state index in [2.05, 4.69) is 26.6 Å². The van der Waals surface area contributed by atoms with Gasteiger partial charge in [-0.2, -0.15) is 0 Å². The second-order valence-corrected chi connectivity index (χ2v) is 6.59. The molecular formula is C18H18BrClN2O2. The van der Waals surface area contributed by atoms with Gasteiger partial charge in [-0.3, -0.25) is 9.59 Å². The Morgan fingerprint density at radius 2 is 1.71 bits per heavy atom. The normalized spacial score (nSPS) is 10.2. The first-order valence-electron chi connectivity index (χ1n) is 7.59. The van der Waals surface area contributed by atoms with E-state index in [9.17, 15) is 9.59 Å². The first kappa shape index (κ1) is 18.5. The van der Waals surface area contributed by atoms with Crippen LogP contribution in [0.2, 0.25) is 5.02 Å². The van der Waals surface area contributed by atoms with Gasteiger partial charge in [0.15, 0.2) is 0 Å². The molecular weight excluding hydrogens is 392 g/mol. The van der Waals surface area contributed by atoms with Gasteiger partial charge in [0, 0.05) is 34.6 Å². The molecule has 0 aliphatic heterocycles. The predicted molar refractivity (Wildman–Crippen MR) is 99.3 cm³/mol. The van der Waals surface area contributed by atoms with E-state index in [1.54, 1.807) is 18.2 Å². The average Bonchev–Trinajstić information content (AvgIpc) is 2.58. The van der Waals surface area contributed by atoms with Crippen LogP contribution in [-0.4, -0.2) is 24.9 Å². The number of carbonyl (C=O) groups is 2. The fraction of sp³-hybridized carbons (Fsp3) is 0.222. The van der Waals surface area contributed by atoms with Crippen LogP contribution in [0.1, 0.15) is 22.3 Å². The summed E-state index contributed by atoms with van der Waals surface area (Å²) >= 11 is 9.15. The summed E-state index contributed by atoms with van der Waals surface area (Å²) in [4.78, 5) is 23.7. The minimum absolute atomic E-state index is 0.0401. The highest BCUT2D eigenvalue weighted by Gasteiger charge is 2.06. The lowest BCUT2D eigenvalue weighted by Crippen LogP contribution is -2.34. The van der Waals surface area contributed by atoms with E-state index in [1.165, 1.54) is 0 Å². The highest BCUT2D eigenvalue weighted by molar-refractivity contribution is 9.10. The minimum atomic E-state index is -0.160. The van der Waals surface area contributed by atoms with Gasteiger partial charge in [0.2, 0.25) is 5.91 Å². The first-order chi connectivity index (χ1) is 11.5. The number of hydrogen-bond donors (Lipinski definition) is 2. The van der Waals surface area contributed by atoms with E-state index in [0.29, 0.717) is 36.5 Å². The van der Waals surface area contributed by atoms with Gasteiger partial charge in [0.05, 0.1) is 0 Å². The molecule has 2 N–H and O–H groups in total. The third-order valence-corrected chi connectivity index (χ3v) is 4.12. The Kier molecular flexibility index (Phi) is 7.28. The molecule has 0 heterocycles. The number of amides is 2. The number of rotatable bonds is 7. The fourth-order valence-electron chi connectivity index (χ4n) is 2.11. The van der Waals surface area contributed by atoms with Gasteiger partial charge in [-0.1, -0.05) is 45.7 Å². The molecule has 0 atom stereocenters. The van der Waals surface area contributed by atoms with Crippen molar-refractivity contribution in [2.45, 2.75) is 12.8 Å². The standard InChI is InChI=1S/C18H18BrClN2O2/c19-15-3-1-2-14(12-15)18(24)22-11-10-21-17(23)9-6-13-4-7-16(20)8-5-13/h1-5,7-8,12H,6,9-11H2,(H,21,23)(H,22,24). The van der Waals surface area contributed by atoms with Crippen LogP contribution in [0.25, 0.3) is 0 Å². The quantitative estimate of drug-likeness (QED) is 0.687. The molecule has 4 nitrogen and oxygen atoms in total. The number of aryl methyl sites for hydroxylation is 1. The molecule has 0 radical (unpaired) electrons. The van der Waals surface area contributed by atoms with Gasteiger partial charge in [0.1, 0.15) is 0 Å². The summed E-state index contributed by atoms with van der Waals surface area (Å²) in [6, 6.07) is 14.6. The van der Waals surface area contributed by atoms with E-state index in [1.807, 2.05) is 30.3 Å². The van der Waals surface area contributed by atoms with Crippen LogP contribution in [0.3, 0.4) is 0 Å². The maximum absolute atomic E-state index is 11.9. The molecule has 0 fully saturated rings. The maximum Gasteiger partial charge on any atom is 0.251 e. The van der Waals surface area contributed by atoms with E-state index in [4.69, 9.17) is 11.6 Å². The van der Waals surface area contributed by atoms with E-state index < -0.39 is 0 Å². The summed E-state index contributed by atoms with van der Waals surface area (Å²) in [6.07, 6.45) is 1.06. The molecule has 2 aromatic rings. The summed E-state index contributed by atoms with van der Waals surface area (Å²) in [5.74, 6) is -0.201. The molecule has 0 aliphatic rings.